The van der Waals surface area contributed by atoms with Crippen molar-refractivity contribution in [2.45, 2.75) is 51.5 Å². The quantitative estimate of drug-likeness (QED) is 0.836. The minimum atomic E-state index is 0.292. The molecule has 0 aliphatic heterocycles. The van der Waals surface area contributed by atoms with Crippen molar-refractivity contribution in [1.29, 1.82) is 0 Å². The number of hydrogen-bond donors (Lipinski definition) is 2. The Bertz CT molecular complexity index is 426. The fourth-order valence-electron chi connectivity index (χ4n) is 2.72. The van der Waals surface area contributed by atoms with Gasteiger partial charge in [-0.3, -0.25) is 0 Å². The summed E-state index contributed by atoms with van der Waals surface area (Å²) in [5.74, 6) is 2.47. The molecule has 0 radical (unpaired) electrons. The lowest BCUT2D eigenvalue weighted by Gasteiger charge is -2.24. The van der Waals surface area contributed by atoms with E-state index in [9.17, 15) is 0 Å². The predicted octanol–water partition coefficient (Wildman–Crippen LogP) is 2.47. The van der Waals surface area contributed by atoms with E-state index in [1.807, 2.05) is 0 Å². The van der Waals surface area contributed by atoms with Crippen LogP contribution in [0.15, 0.2) is 6.07 Å². The Morgan fingerprint density at radius 2 is 2.05 bits per heavy atom. The normalized spacial score (nSPS) is 16.2. The molecule has 3 N–H and O–H groups in total. The molecule has 5 nitrogen and oxygen atoms in total. The van der Waals surface area contributed by atoms with Gasteiger partial charge in [-0.15, -0.1) is 0 Å². The molecule has 1 heterocycles. The molecule has 0 atom stereocenters. The molecule has 1 saturated carbocycles. The third-order valence-electron chi connectivity index (χ3n) is 4.00. The lowest BCUT2D eigenvalue weighted by atomic mass is 10.2. The molecule has 0 aromatic carbocycles. The van der Waals surface area contributed by atoms with Crippen LogP contribution in [0.25, 0.3) is 0 Å². The van der Waals surface area contributed by atoms with Crippen LogP contribution in [-0.4, -0.2) is 41.0 Å². The lowest BCUT2D eigenvalue weighted by molar-refractivity contribution is 0.254. The van der Waals surface area contributed by atoms with E-state index < -0.39 is 0 Å². The SMILES string of the molecule is CC(C)c1nc(N)cc(NCCN(C)C2CCCC2)n1. The Hall–Kier alpha value is -1.36. The number of nitrogen functional groups attached to an aromatic ring is 1. The zero-order valence-electron chi connectivity index (χ0n) is 12.9. The molecule has 1 aliphatic rings. The van der Waals surface area contributed by atoms with Crippen molar-refractivity contribution < 1.29 is 0 Å². The van der Waals surface area contributed by atoms with E-state index in [1.54, 1.807) is 6.07 Å². The molecule has 0 saturated heterocycles. The van der Waals surface area contributed by atoms with E-state index in [0.717, 1.165) is 30.8 Å². The summed E-state index contributed by atoms with van der Waals surface area (Å²) in [6, 6.07) is 2.57. The molecule has 1 fully saturated rings. The minimum Gasteiger partial charge on any atom is -0.384 e. The van der Waals surface area contributed by atoms with Crippen molar-refractivity contribution in [2.75, 3.05) is 31.2 Å². The highest BCUT2D eigenvalue weighted by molar-refractivity contribution is 5.44. The van der Waals surface area contributed by atoms with Crippen molar-refractivity contribution in [1.82, 2.24) is 14.9 Å². The fourth-order valence-corrected chi connectivity index (χ4v) is 2.72. The molecule has 0 spiro atoms. The van der Waals surface area contributed by atoms with Gasteiger partial charge in [-0.1, -0.05) is 26.7 Å². The van der Waals surface area contributed by atoms with Gasteiger partial charge in [0.05, 0.1) is 0 Å². The number of nitrogens with two attached hydrogens (primary N) is 1. The summed E-state index contributed by atoms with van der Waals surface area (Å²) in [5, 5.41) is 3.36. The minimum absolute atomic E-state index is 0.292. The molecule has 1 aromatic heterocycles. The average Bonchev–Trinajstić information content (AvgIpc) is 2.91. The van der Waals surface area contributed by atoms with E-state index in [0.29, 0.717) is 11.7 Å². The average molecular weight is 277 g/mol. The molecule has 0 amide bonds. The van der Waals surface area contributed by atoms with E-state index >= 15 is 0 Å². The second kappa shape index (κ2) is 6.88. The third-order valence-corrected chi connectivity index (χ3v) is 4.00. The highest BCUT2D eigenvalue weighted by Crippen LogP contribution is 2.22. The number of nitrogens with zero attached hydrogens (tertiary/aromatic N) is 3. The Morgan fingerprint density at radius 1 is 1.35 bits per heavy atom. The first kappa shape index (κ1) is 15.0. The summed E-state index contributed by atoms with van der Waals surface area (Å²) in [7, 11) is 2.21. The second-order valence-corrected chi connectivity index (χ2v) is 6.04. The summed E-state index contributed by atoms with van der Waals surface area (Å²) >= 11 is 0. The van der Waals surface area contributed by atoms with Crippen molar-refractivity contribution in [2.24, 2.45) is 0 Å². The van der Waals surface area contributed by atoms with Crippen molar-refractivity contribution >= 4 is 11.6 Å². The Labute approximate surface area is 122 Å². The second-order valence-electron chi connectivity index (χ2n) is 6.04. The van der Waals surface area contributed by atoms with Gasteiger partial charge in [-0.2, -0.15) is 0 Å². The monoisotopic (exact) mass is 277 g/mol. The van der Waals surface area contributed by atoms with Crippen molar-refractivity contribution in [3.05, 3.63) is 11.9 Å². The van der Waals surface area contributed by atoms with Crippen molar-refractivity contribution in [3.8, 4) is 0 Å². The molecule has 5 heteroatoms. The molecule has 0 bridgehead atoms. The molecule has 1 aromatic rings. The Kier molecular flexibility index (Phi) is 5.17. The Balaban J connectivity index is 1.84. The molecular weight excluding hydrogens is 250 g/mol. The van der Waals surface area contributed by atoms with Gasteiger partial charge >= 0.3 is 0 Å². The summed E-state index contributed by atoms with van der Waals surface area (Å²) < 4.78 is 0. The largest absolute Gasteiger partial charge is 0.384 e. The fraction of sp³-hybridized carbons (Fsp3) is 0.733. The van der Waals surface area contributed by atoms with Crippen LogP contribution in [0.3, 0.4) is 0 Å². The smallest absolute Gasteiger partial charge is 0.135 e. The maximum atomic E-state index is 5.83. The van der Waals surface area contributed by atoms with E-state index in [1.165, 1.54) is 25.7 Å². The number of nitrogens with one attached hydrogen (secondary N) is 1. The number of aromatic nitrogens is 2. The van der Waals surface area contributed by atoms with Gasteiger partial charge in [0.15, 0.2) is 0 Å². The summed E-state index contributed by atoms with van der Waals surface area (Å²) in [4.78, 5) is 11.2. The molecule has 112 valence electrons. The van der Waals surface area contributed by atoms with Crippen LogP contribution < -0.4 is 11.1 Å². The zero-order valence-corrected chi connectivity index (χ0v) is 12.9. The van der Waals surface area contributed by atoms with Crippen molar-refractivity contribution in [3.63, 3.8) is 0 Å². The highest BCUT2D eigenvalue weighted by Gasteiger charge is 2.18. The van der Waals surface area contributed by atoms with Gasteiger partial charge in [0.1, 0.15) is 17.5 Å². The van der Waals surface area contributed by atoms with E-state index in [-0.39, 0.29) is 0 Å². The highest BCUT2D eigenvalue weighted by atomic mass is 15.2. The van der Waals surface area contributed by atoms with E-state index in [2.05, 4.69) is 41.1 Å². The molecule has 2 rings (SSSR count). The molecular formula is C15H27N5. The maximum absolute atomic E-state index is 5.83. The number of hydrogen-bond acceptors (Lipinski definition) is 5. The van der Waals surface area contributed by atoms with Crippen LogP contribution in [0.1, 0.15) is 51.3 Å². The van der Waals surface area contributed by atoms with Gasteiger partial charge in [0.25, 0.3) is 0 Å². The van der Waals surface area contributed by atoms with Crippen LogP contribution in [0.5, 0.6) is 0 Å². The first-order valence-corrected chi connectivity index (χ1v) is 7.65. The Morgan fingerprint density at radius 3 is 2.70 bits per heavy atom. The summed E-state index contributed by atoms with van der Waals surface area (Å²) in [6.45, 7) is 6.07. The first-order valence-electron chi connectivity index (χ1n) is 7.65. The number of rotatable bonds is 6. The first-order chi connectivity index (χ1) is 9.56. The van der Waals surface area contributed by atoms with Gasteiger partial charge < -0.3 is 16.0 Å². The van der Waals surface area contributed by atoms with Crippen LogP contribution in [0, 0.1) is 0 Å². The van der Waals surface area contributed by atoms with Crippen LogP contribution in [0.4, 0.5) is 11.6 Å². The van der Waals surface area contributed by atoms with Crippen LogP contribution in [0.2, 0.25) is 0 Å². The van der Waals surface area contributed by atoms with Crippen LogP contribution >= 0.6 is 0 Å². The van der Waals surface area contributed by atoms with Gasteiger partial charge in [-0.05, 0) is 19.9 Å². The number of anilines is 2. The van der Waals surface area contributed by atoms with Gasteiger partial charge in [0, 0.05) is 31.1 Å². The van der Waals surface area contributed by atoms with Crippen LogP contribution in [-0.2, 0) is 0 Å². The van der Waals surface area contributed by atoms with Gasteiger partial charge in [-0.25, -0.2) is 9.97 Å². The molecule has 20 heavy (non-hydrogen) atoms. The maximum Gasteiger partial charge on any atom is 0.135 e. The zero-order chi connectivity index (χ0) is 14.5. The predicted molar refractivity (Wildman–Crippen MR) is 83.9 cm³/mol. The lowest BCUT2D eigenvalue weighted by Crippen LogP contribution is -2.33. The molecule has 0 unspecified atom stereocenters. The third kappa shape index (κ3) is 4.07. The summed E-state index contributed by atoms with van der Waals surface area (Å²) in [5.41, 5.74) is 5.83. The van der Waals surface area contributed by atoms with Gasteiger partial charge in [0.2, 0.25) is 0 Å². The molecule has 1 aliphatic carbocycles. The standard InChI is InChI=1S/C15H27N5/c1-11(2)15-18-13(16)10-14(19-15)17-8-9-20(3)12-6-4-5-7-12/h10-12H,4-9H2,1-3H3,(H3,16,17,18,19). The number of likely N-dealkylation sites (N-methyl/N-ethyl adjacent to an activating group) is 1. The summed E-state index contributed by atoms with van der Waals surface area (Å²) in [6.07, 6.45) is 5.44. The van der Waals surface area contributed by atoms with E-state index in [4.69, 9.17) is 5.73 Å². The topological polar surface area (TPSA) is 67.1 Å².